The van der Waals surface area contributed by atoms with E-state index in [0.717, 1.165) is 22.2 Å². The van der Waals surface area contributed by atoms with Crippen molar-refractivity contribution in [1.82, 2.24) is 10.2 Å². The summed E-state index contributed by atoms with van der Waals surface area (Å²) >= 11 is 6.72. The molecule has 0 aromatic heterocycles. The monoisotopic (exact) mass is 382 g/mol. The number of hydrogen-bond acceptors (Lipinski definition) is 5. The zero-order valence-corrected chi connectivity index (χ0v) is 15.5. The number of hydrogen-bond donors (Lipinski definition) is 1. The van der Waals surface area contributed by atoms with Crippen molar-refractivity contribution < 1.29 is 19.1 Å². The average Bonchev–Trinajstić information content (AvgIpc) is 2.84. The van der Waals surface area contributed by atoms with Crippen molar-refractivity contribution in [2.24, 2.45) is 0 Å². The van der Waals surface area contributed by atoms with Crippen LogP contribution in [0.3, 0.4) is 0 Å². The SMILES string of the molecule is COC(C)CC(=O)NCCN1C(=O)S/C(=C/c2ccc(Cl)cc2)C1=O. The number of halogens is 1. The predicted molar refractivity (Wildman–Crippen MR) is 98.2 cm³/mol. The summed E-state index contributed by atoms with van der Waals surface area (Å²) in [5, 5.41) is 2.94. The van der Waals surface area contributed by atoms with E-state index in [4.69, 9.17) is 16.3 Å². The minimum atomic E-state index is -0.357. The van der Waals surface area contributed by atoms with Gasteiger partial charge in [0.15, 0.2) is 0 Å². The normalized spacial score (nSPS) is 17.2. The molecule has 134 valence electrons. The molecule has 2 rings (SSSR count). The highest BCUT2D eigenvalue weighted by atomic mass is 35.5. The maximum absolute atomic E-state index is 12.3. The Bertz CT molecular complexity index is 690. The third-order valence-corrected chi connectivity index (χ3v) is 4.73. The average molecular weight is 383 g/mol. The van der Waals surface area contributed by atoms with Gasteiger partial charge < -0.3 is 10.1 Å². The molecule has 0 saturated carbocycles. The third-order valence-electron chi connectivity index (χ3n) is 3.57. The van der Waals surface area contributed by atoms with Gasteiger partial charge in [-0.25, -0.2) is 0 Å². The van der Waals surface area contributed by atoms with Crippen LogP contribution in [-0.2, 0) is 14.3 Å². The predicted octanol–water partition coefficient (Wildman–Crippen LogP) is 2.92. The Kier molecular flexibility index (Phi) is 7.04. The summed E-state index contributed by atoms with van der Waals surface area (Å²) < 4.78 is 5.01. The topological polar surface area (TPSA) is 75.7 Å². The number of rotatable bonds is 7. The van der Waals surface area contributed by atoms with Crippen LogP contribution in [0.25, 0.3) is 6.08 Å². The summed E-state index contributed by atoms with van der Waals surface area (Å²) in [7, 11) is 1.53. The van der Waals surface area contributed by atoms with Crippen molar-refractivity contribution in [3.63, 3.8) is 0 Å². The van der Waals surface area contributed by atoms with E-state index in [-0.39, 0.29) is 42.7 Å². The zero-order valence-electron chi connectivity index (χ0n) is 14.0. The van der Waals surface area contributed by atoms with Gasteiger partial charge in [0.25, 0.3) is 11.1 Å². The Morgan fingerprint density at radius 3 is 2.68 bits per heavy atom. The molecule has 1 N–H and O–H groups in total. The molecule has 1 aliphatic rings. The lowest BCUT2D eigenvalue weighted by atomic mass is 10.2. The van der Waals surface area contributed by atoms with Crippen LogP contribution in [0.15, 0.2) is 29.2 Å². The highest BCUT2D eigenvalue weighted by Gasteiger charge is 2.34. The van der Waals surface area contributed by atoms with E-state index >= 15 is 0 Å². The second-order valence-electron chi connectivity index (χ2n) is 5.49. The molecule has 1 atom stereocenters. The van der Waals surface area contributed by atoms with Gasteiger partial charge >= 0.3 is 0 Å². The maximum Gasteiger partial charge on any atom is 0.293 e. The van der Waals surface area contributed by atoms with Crippen LogP contribution < -0.4 is 5.32 Å². The Labute approximate surface area is 155 Å². The van der Waals surface area contributed by atoms with E-state index in [2.05, 4.69) is 5.32 Å². The van der Waals surface area contributed by atoms with Gasteiger partial charge in [-0.1, -0.05) is 23.7 Å². The quantitative estimate of drug-likeness (QED) is 0.734. The number of nitrogens with zero attached hydrogens (tertiary/aromatic N) is 1. The molecule has 1 aromatic carbocycles. The van der Waals surface area contributed by atoms with E-state index < -0.39 is 0 Å². The van der Waals surface area contributed by atoms with Crippen LogP contribution in [-0.4, -0.2) is 48.3 Å². The summed E-state index contributed by atoms with van der Waals surface area (Å²) in [6.45, 7) is 2.13. The molecule has 25 heavy (non-hydrogen) atoms. The summed E-state index contributed by atoms with van der Waals surface area (Å²) in [4.78, 5) is 37.5. The fraction of sp³-hybridized carbons (Fsp3) is 0.353. The molecular weight excluding hydrogens is 364 g/mol. The van der Waals surface area contributed by atoms with Crippen LogP contribution in [0.1, 0.15) is 18.9 Å². The van der Waals surface area contributed by atoms with Crippen molar-refractivity contribution >= 4 is 46.5 Å². The molecule has 1 fully saturated rings. The van der Waals surface area contributed by atoms with Crippen molar-refractivity contribution in [2.75, 3.05) is 20.2 Å². The molecule has 1 aromatic rings. The van der Waals surface area contributed by atoms with Gasteiger partial charge in [-0.3, -0.25) is 19.3 Å². The molecule has 0 spiro atoms. The Morgan fingerprint density at radius 1 is 1.36 bits per heavy atom. The number of nitrogens with one attached hydrogen (secondary N) is 1. The molecule has 1 saturated heterocycles. The third kappa shape index (κ3) is 5.59. The van der Waals surface area contributed by atoms with Gasteiger partial charge in [-0.05, 0) is 42.5 Å². The van der Waals surface area contributed by atoms with Gasteiger partial charge in [-0.15, -0.1) is 0 Å². The molecule has 1 unspecified atom stereocenters. The Morgan fingerprint density at radius 2 is 2.04 bits per heavy atom. The fourth-order valence-electron chi connectivity index (χ4n) is 2.13. The minimum Gasteiger partial charge on any atom is -0.381 e. The van der Waals surface area contributed by atoms with Gasteiger partial charge in [0, 0.05) is 25.2 Å². The molecule has 0 aliphatic carbocycles. The van der Waals surface area contributed by atoms with Gasteiger partial charge in [0.2, 0.25) is 5.91 Å². The van der Waals surface area contributed by atoms with Gasteiger partial charge in [0.05, 0.1) is 17.4 Å². The van der Waals surface area contributed by atoms with Crippen LogP contribution in [0.2, 0.25) is 5.02 Å². The highest BCUT2D eigenvalue weighted by Crippen LogP contribution is 2.32. The summed E-state index contributed by atoms with van der Waals surface area (Å²) in [6.07, 6.45) is 1.70. The van der Waals surface area contributed by atoms with E-state index in [1.54, 1.807) is 37.3 Å². The largest absolute Gasteiger partial charge is 0.381 e. The first-order valence-electron chi connectivity index (χ1n) is 7.71. The number of benzene rings is 1. The molecule has 8 heteroatoms. The molecule has 6 nitrogen and oxygen atoms in total. The number of carbonyl (C=O) groups is 3. The maximum atomic E-state index is 12.3. The Hall–Kier alpha value is -1.83. The van der Waals surface area contributed by atoms with Crippen LogP contribution in [0.4, 0.5) is 4.79 Å². The van der Waals surface area contributed by atoms with Crippen LogP contribution in [0.5, 0.6) is 0 Å². The van der Waals surface area contributed by atoms with Crippen LogP contribution in [0, 0.1) is 0 Å². The summed E-state index contributed by atoms with van der Waals surface area (Å²) in [6, 6.07) is 6.98. The molecule has 3 amide bonds. The molecule has 0 radical (unpaired) electrons. The molecule has 1 heterocycles. The smallest absolute Gasteiger partial charge is 0.293 e. The highest BCUT2D eigenvalue weighted by molar-refractivity contribution is 8.18. The first-order chi connectivity index (χ1) is 11.9. The van der Waals surface area contributed by atoms with Crippen molar-refractivity contribution in [2.45, 2.75) is 19.4 Å². The number of carbonyl (C=O) groups excluding carboxylic acids is 3. The number of ether oxygens (including phenoxy) is 1. The second-order valence-corrected chi connectivity index (χ2v) is 6.91. The lowest BCUT2D eigenvalue weighted by Crippen LogP contribution is -2.38. The fourth-order valence-corrected chi connectivity index (χ4v) is 3.12. The Balaban J connectivity index is 1.90. The lowest BCUT2D eigenvalue weighted by Gasteiger charge is -2.14. The zero-order chi connectivity index (χ0) is 18.4. The second kappa shape index (κ2) is 9.03. The van der Waals surface area contributed by atoms with Crippen molar-refractivity contribution in [3.05, 3.63) is 39.8 Å². The first kappa shape index (κ1) is 19.5. The van der Waals surface area contributed by atoms with Crippen molar-refractivity contribution in [1.29, 1.82) is 0 Å². The molecule has 0 bridgehead atoms. The van der Waals surface area contributed by atoms with Crippen molar-refractivity contribution in [3.8, 4) is 0 Å². The summed E-state index contributed by atoms with van der Waals surface area (Å²) in [5.41, 5.74) is 0.789. The van der Waals surface area contributed by atoms with Gasteiger partial charge in [-0.2, -0.15) is 0 Å². The minimum absolute atomic E-state index is 0.135. The van der Waals surface area contributed by atoms with E-state index in [1.807, 2.05) is 0 Å². The lowest BCUT2D eigenvalue weighted by molar-refractivity contribution is -0.125. The summed E-state index contributed by atoms with van der Waals surface area (Å²) in [5.74, 6) is -0.539. The number of imide groups is 1. The molecule has 1 aliphatic heterocycles. The van der Waals surface area contributed by atoms with Crippen LogP contribution >= 0.6 is 23.4 Å². The number of amides is 3. The number of thioether (sulfide) groups is 1. The van der Waals surface area contributed by atoms with E-state index in [9.17, 15) is 14.4 Å². The number of methoxy groups -OCH3 is 1. The standard InChI is InChI=1S/C17H19ClN2O4S/c1-11(24-2)9-15(21)19-7-8-20-16(22)14(25-17(20)23)10-12-3-5-13(18)6-4-12/h3-6,10-11H,7-9H2,1-2H3,(H,19,21)/b14-10+. The molecular formula is C17H19ClN2O4S. The van der Waals surface area contributed by atoms with E-state index in [0.29, 0.717) is 9.93 Å². The first-order valence-corrected chi connectivity index (χ1v) is 8.90. The van der Waals surface area contributed by atoms with Gasteiger partial charge in [0.1, 0.15) is 0 Å². The van der Waals surface area contributed by atoms with E-state index in [1.165, 1.54) is 7.11 Å².